The summed E-state index contributed by atoms with van der Waals surface area (Å²) >= 11 is 0. The molecule has 0 heterocycles. The van der Waals surface area contributed by atoms with Gasteiger partial charge >= 0.3 is 0 Å². The van der Waals surface area contributed by atoms with Gasteiger partial charge in [-0.15, -0.1) is 0 Å². The highest BCUT2D eigenvalue weighted by Gasteiger charge is 1.93. The first-order chi connectivity index (χ1) is 7.41. The number of hydrogen-bond donors (Lipinski definition) is 0. The maximum atomic E-state index is 5.29. The van der Waals surface area contributed by atoms with E-state index in [-0.39, 0.29) is 0 Å². The summed E-state index contributed by atoms with van der Waals surface area (Å²) in [4.78, 5) is 0. The van der Waals surface area contributed by atoms with Gasteiger partial charge in [0.25, 0.3) is 60.0 Å². The van der Waals surface area contributed by atoms with Gasteiger partial charge in [0.05, 0.1) is 0 Å². The molecule has 0 atom stereocenters. The summed E-state index contributed by atoms with van der Waals surface area (Å²) in [5.74, 6) is 0. The predicted octanol–water partition coefficient (Wildman–Crippen LogP) is -7.81. The summed E-state index contributed by atoms with van der Waals surface area (Å²) in [5, 5.41) is 0. The van der Waals surface area contributed by atoms with Crippen molar-refractivity contribution in [3.8, 4) is 0 Å². The van der Waals surface area contributed by atoms with Gasteiger partial charge in [0.15, 0.2) is 10.5 Å². The lowest BCUT2D eigenvalue weighted by atomic mass is 15.7. The summed E-state index contributed by atoms with van der Waals surface area (Å²) in [6.45, 7) is 0. The normalized spacial score (nSPS) is 15.8. The van der Waals surface area contributed by atoms with Crippen LogP contribution in [0, 0.1) is 0 Å². The summed E-state index contributed by atoms with van der Waals surface area (Å²) in [6, 6.07) is 0. The van der Waals surface area contributed by atoms with E-state index in [4.69, 9.17) is 28.8 Å². The Bertz CT molecular complexity index is 99.2. The topological polar surface area (TPSA) is 64.6 Å². The highest BCUT2D eigenvalue weighted by molar-refractivity contribution is 6.48. The van der Waals surface area contributed by atoms with Crippen molar-refractivity contribution < 1.29 is 28.8 Å². The predicted molar refractivity (Wildman–Crippen MR) is 75.9 cm³/mol. The third-order valence-corrected chi connectivity index (χ3v) is 9.17. The SMILES string of the molecule is [SiH]O[SiH2]O[SiH2]O[SiH2]O[SiH2]O[SiH2]O[SiH2]O[SiH3]. The van der Waals surface area contributed by atoms with Crippen molar-refractivity contribution in [2.45, 2.75) is 0 Å². The molecule has 0 aliphatic heterocycles. The maximum Gasteiger partial charge on any atom is 0.286 e. The first kappa shape index (κ1) is 16.5. The van der Waals surface area contributed by atoms with Crippen LogP contribution in [0.4, 0.5) is 0 Å². The molecule has 0 saturated heterocycles. The van der Waals surface area contributed by atoms with Crippen LogP contribution in [0.1, 0.15) is 0 Å². The quantitative estimate of drug-likeness (QED) is 0.255. The monoisotopic (exact) mass is 352 g/mol. The van der Waals surface area contributed by atoms with Crippen LogP contribution >= 0.6 is 0 Å². The van der Waals surface area contributed by atoms with E-state index >= 15 is 0 Å². The molecule has 15 heavy (non-hydrogen) atoms. The van der Waals surface area contributed by atoms with Gasteiger partial charge in [-0.05, 0) is 0 Å². The fraction of sp³-hybridized carbons (Fsp3) is 0. The van der Waals surface area contributed by atoms with E-state index < -0.39 is 60.0 Å². The van der Waals surface area contributed by atoms with E-state index in [2.05, 4.69) is 10.5 Å². The Labute approximate surface area is 110 Å². The Morgan fingerprint density at radius 1 is 0.667 bits per heavy atom. The second kappa shape index (κ2) is 15.5. The lowest BCUT2D eigenvalue weighted by Crippen LogP contribution is -2.19. The lowest BCUT2D eigenvalue weighted by Gasteiger charge is -2.06. The van der Waals surface area contributed by atoms with Crippen molar-refractivity contribution >= 4 is 81.0 Å². The third kappa shape index (κ3) is 15.5. The van der Waals surface area contributed by atoms with Crippen LogP contribution in [0.3, 0.4) is 0 Å². The molecule has 0 aromatic carbocycles. The molecule has 0 bridgehead atoms. The molecule has 7 nitrogen and oxygen atoms in total. The lowest BCUT2D eigenvalue weighted by molar-refractivity contribution is 0.373. The largest absolute Gasteiger partial charge is 0.449 e. The van der Waals surface area contributed by atoms with Crippen LogP contribution in [-0.4, -0.2) is 81.0 Å². The summed E-state index contributed by atoms with van der Waals surface area (Å²) in [5.41, 5.74) is 0. The van der Waals surface area contributed by atoms with E-state index in [1.54, 1.807) is 0 Å². The molecule has 2 radical (unpaired) electrons. The first-order valence-corrected chi connectivity index (χ1v) is 12.3. The minimum absolute atomic E-state index is 0.711. The van der Waals surface area contributed by atoms with E-state index in [0.717, 1.165) is 10.5 Å². The van der Waals surface area contributed by atoms with Crippen molar-refractivity contribution in [2.24, 2.45) is 0 Å². The average molecular weight is 353 g/mol. The van der Waals surface area contributed by atoms with Crippen molar-refractivity contribution in [3.63, 3.8) is 0 Å². The van der Waals surface area contributed by atoms with Gasteiger partial charge in [0.1, 0.15) is 10.5 Å². The van der Waals surface area contributed by atoms with E-state index in [1.807, 2.05) is 0 Å². The molecule has 0 fully saturated rings. The van der Waals surface area contributed by atoms with Gasteiger partial charge in [-0.25, -0.2) is 0 Å². The van der Waals surface area contributed by atoms with Crippen molar-refractivity contribution in [2.75, 3.05) is 0 Å². The molecular formula is H16O7Si8. The van der Waals surface area contributed by atoms with Gasteiger partial charge in [-0.1, -0.05) is 0 Å². The molecule has 15 heteroatoms. The molecule has 90 valence electrons. The van der Waals surface area contributed by atoms with Crippen LogP contribution in [0.25, 0.3) is 0 Å². The molecule has 0 aromatic heterocycles. The minimum Gasteiger partial charge on any atom is -0.449 e. The Morgan fingerprint density at radius 2 is 1.07 bits per heavy atom. The van der Waals surface area contributed by atoms with Crippen LogP contribution in [0.15, 0.2) is 0 Å². The third-order valence-electron chi connectivity index (χ3n) is 1.02. The molecule has 0 saturated carbocycles. The van der Waals surface area contributed by atoms with E-state index in [9.17, 15) is 0 Å². The molecule has 0 spiro atoms. The Morgan fingerprint density at radius 3 is 1.47 bits per heavy atom. The molecule has 0 aromatic rings. The van der Waals surface area contributed by atoms with Crippen molar-refractivity contribution in [3.05, 3.63) is 0 Å². The minimum atomic E-state index is -0.869. The summed E-state index contributed by atoms with van der Waals surface area (Å²) < 4.78 is 35.9. The zero-order valence-corrected chi connectivity index (χ0v) is 20.3. The molecule has 0 N–H and O–H groups in total. The molecule has 0 aliphatic rings. The van der Waals surface area contributed by atoms with Crippen LogP contribution in [-0.2, 0) is 28.8 Å². The highest BCUT2D eigenvalue weighted by Crippen LogP contribution is 1.75. The smallest absolute Gasteiger partial charge is 0.286 e. The van der Waals surface area contributed by atoms with Crippen LogP contribution in [0.5, 0.6) is 0 Å². The maximum absolute atomic E-state index is 5.29. The Balaban J connectivity index is 2.81. The van der Waals surface area contributed by atoms with Gasteiger partial charge < -0.3 is 28.8 Å². The van der Waals surface area contributed by atoms with E-state index in [0.29, 0.717) is 0 Å². The fourth-order valence-corrected chi connectivity index (χ4v) is 11.4. The number of hydrogen-bond acceptors (Lipinski definition) is 7. The molecule has 0 amide bonds. The van der Waals surface area contributed by atoms with Gasteiger partial charge in [-0.2, -0.15) is 0 Å². The van der Waals surface area contributed by atoms with Crippen molar-refractivity contribution in [1.29, 1.82) is 0 Å². The summed E-state index contributed by atoms with van der Waals surface area (Å²) in [7, 11) is -1.98. The summed E-state index contributed by atoms with van der Waals surface area (Å²) in [6.07, 6.45) is 0. The van der Waals surface area contributed by atoms with Crippen molar-refractivity contribution in [1.82, 2.24) is 0 Å². The van der Waals surface area contributed by atoms with Crippen LogP contribution in [0.2, 0.25) is 0 Å². The fourth-order valence-electron chi connectivity index (χ4n) is 0.537. The Hall–Kier alpha value is 1.46. The highest BCUT2D eigenvalue weighted by atomic mass is 28.4. The molecule has 0 unspecified atom stereocenters. The van der Waals surface area contributed by atoms with Gasteiger partial charge in [0, 0.05) is 0 Å². The number of rotatable bonds is 12. The second-order valence-corrected chi connectivity index (χ2v) is 15.4. The van der Waals surface area contributed by atoms with Gasteiger partial charge in [0.2, 0.25) is 0 Å². The average Bonchev–Trinajstić information content (AvgIpc) is 2.26. The van der Waals surface area contributed by atoms with E-state index in [1.165, 1.54) is 0 Å². The zero-order valence-electron chi connectivity index (χ0n) is 8.68. The van der Waals surface area contributed by atoms with Crippen LogP contribution < -0.4 is 0 Å². The molecular weight excluding hydrogens is 337 g/mol. The Kier molecular flexibility index (Phi) is 17.0. The standard InChI is InChI=1S/H16O7Si8/c8-1-10-3-12-5-14-7-15-6-13-4-11-2-9/h8H,10-15H2,9H3. The first-order valence-electron chi connectivity index (χ1n) is 4.11. The van der Waals surface area contributed by atoms with Gasteiger partial charge in [-0.3, -0.25) is 0 Å². The molecule has 0 aliphatic carbocycles. The molecule has 0 rings (SSSR count). The zero-order chi connectivity index (χ0) is 11.2. The second-order valence-electron chi connectivity index (χ2n) is 2.18.